The highest BCUT2D eigenvalue weighted by Crippen LogP contribution is 2.27. The zero-order valence-corrected chi connectivity index (χ0v) is 27.9. The number of hydrogen-bond donors (Lipinski definition) is 0. The zero-order valence-electron chi connectivity index (χ0n) is 27.9. The van der Waals surface area contributed by atoms with Crippen molar-refractivity contribution >= 4 is 35.8 Å². The molecule has 0 saturated carbocycles. The summed E-state index contributed by atoms with van der Waals surface area (Å²) in [6.07, 6.45) is -2.19. The Morgan fingerprint density at radius 2 is 0.593 bits per heavy atom. The lowest BCUT2D eigenvalue weighted by Crippen LogP contribution is -2.19. The average Bonchev–Trinajstić information content (AvgIpc) is 3.20. The van der Waals surface area contributed by atoms with E-state index in [4.69, 9.17) is 28.7 Å². The van der Waals surface area contributed by atoms with Gasteiger partial charge in [0, 0.05) is 11.1 Å². The predicted molar refractivity (Wildman–Crippen MR) is 190 cm³/mol. The molecule has 0 atom stereocenters. The zero-order chi connectivity index (χ0) is 37.9. The molecule has 6 aromatic carbocycles. The van der Waals surface area contributed by atoms with E-state index < -0.39 is 35.8 Å². The molecular weight excluding hydrogens is 696 g/mol. The van der Waals surface area contributed by atoms with E-state index in [1.54, 1.807) is 60.7 Å². The fraction of sp³-hybridized carbons (Fsp3) is 0. The Labute approximate surface area is 306 Å². The van der Waals surface area contributed by atoms with Crippen LogP contribution in [0.3, 0.4) is 0 Å². The van der Waals surface area contributed by atoms with Gasteiger partial charge in [0.25, 0.3) is 0 Å². The monoisotopic (exact) mass is 722 g/mol. The van der Waals surface area contributed by atoms with Crippen LogP contribution in [0, 0.1) is 0 Å². The summed E-state index contributed by atoms with van der Waals surface area (Å²) in [6, 6.07) is 39.1. The van der Waals surface area contributed by atoms with Crippen molar-refractivity contribution in [2.75, 3.05) is 0 Å². The van der Waals surface area contributed by atoms with Crippen molar-refractivity contribution in [3.8, 4) is 23.0 Å². The molecule has 266 valence electrons. The lowest BCUT2D eigenvalue weighted by Gasteiger charge is -2.12. The van der Waals surface area contributed by atoms with E-state index in [2.05, 4.69) is 0 Å². The molecule has 0 spiro atoms. The fourth-order valence-electron chi connectivity index (χ4n) is 5.05. The molecule has 0 radical (unpaired) electrons. The second kappa shape index (κ2) is 16.9. The van der Waals surface area contributed by atoms with E-state index in [1.807, 2.05) is 0 Å². The van der Waals surface area contributed by atoms with Gasteiger partial charge in [-0.05, 0) is 60.7 Å². The molecule has 54 heavy (non-hydrogen) atoms. The first-order valence-corrected chi connectivity index (χ1v) is 16.1. The minimum absolute atomic E-state index is 0.0789. The van der Waals surface area contributed by atoms with Gasteiger partial charge in [-0.1, -0.05) is 97.1 Å². The van der Waals surface area contributed by atoms with Crippen LogP contribution in [-0.2, 0) is 9.78 Å². The molecule has 12 heteroatoms. The SMILES string of the molecule is O=C(Oc1ccccc1)Oc1ccccc1C(=O)c1ccccc1C(=O)OOC(=O)c1ccccc1C(=O)c1ccccc1OC(=O)Oc1ccccc1. The number of para-hydroxylation sites is 4. The van der Waals surface area contributed by atoms with Gasteiger partial charge in [-0.25, -0.2) is 29.0 Å². The highest BCUT2D eigenvalue weighted by atomic mass is 17.2. The molecule has 0 aliphatic rings. The highest BCUT2D eigenvalue weighted by molar-refractivity contribution is 6.17. The van der Waals surface area contributed by atoms with Crippen molar-refractivity contribution < 1.29 is 57.5 Å². The first-order valence-electron chi connectivity index (χ1n) is 16.1. The number of rotatable bonds is 10. The minimum atomic E-state index is -1.21. The summed E-state index contributed by atoms with van der Waals surface area (Å²) < 4.78 is 20.9. The van der Waals surface area contributed by atoms with Crippen LogP contribution >= 0.6 is 0 Å². The van der Waals surface area contributed by atoms with Crippen molar-refractivity contribution in [2.45, 2.75) is 0 Å². The molecule has 0 aliphatic heterocycles. The van der Waals surface area contributed by atoms with Gasteiger partial charge in [-0.2, -0.15) is 0 Å². The van der Waals surface area contributed by atoms with Gasteiger partial charge < -0.3 is 18.9 Å². The standard InChI is InChI=1S/C42H26O12/c43-37(33-23-11-13-25-35(33)51-41(47)49-27-15-3-1-4-16-27)29-19-7-9-21-31(29)39(45)53-54-40(46)32-22-10-8-20-30(32)38(44)34-24-12-14-26-36(34)52-42(48)50-28-17-5-2-6-18-28/h1-26H. The molecule has 0 aromatic heterocycles. The quantitative estimate of drug-likeness (QED) is 0.0439. The van der Waals surface area contributed by atoms with E-state index >= 15 is 0 Å². The summed E-state index contributed by atoms with van der Waals surface area (Å²) in [7, 11) is 0. The second-order valence-corrected chi connectivity index (χ2v) is 11.0. The van der Waals surface area contributed by atoms with Crippen LogP contribution in [0.1, 0.15) is 52.6 Å². The van der Waals surface area contributed by atoms with Crippen LogP contribution in [-0.4, -0.2) is 35.8 Å². The van der Waals surface area contributed by atoms with Crippen LogP contribution in [0.5, 0.6) is 23.0 Å². The van der Waals surface area contributed by atoms with Gasteiger partial charge >= 0.3 is 24.2 Å². The third kappa shape index (κ3) is 8.71. The van der Waals surface area contributed by atoms with E-state index in [0.717, 1.165) is 0 Å². The number of carbonyl (C=O) groups is 6. The topological polar surface area (TPSA) is 158 Å². The molecule has 0 fully saturated rings. The van der Waals surface area contributed by atoms with Gasteiger partial charge in [0.2, 0.25) is 0 Å². The predicted octanol–water partition coefficient (Wildman–Crippen LogP) is 8.23. The number of benzene rings is 6. The molecular formula is C42H26O12. The molecule has 0 heterocycles. The lowest BCUT2D eigenvalue weighted by molar-refractivity contribution is -0.187. The van der Waals surface area contributed by atoms with Crippen LogP contribution in [0.15, 0.2) is 158 Å². The van der Waals surface area contributed by atoms with E-state index in [1.165, 1.54) is 97.1 Å². The Kier molecular flexibility index (Phi) is 11.3. The maximum Gasteiger partial charge on any atom is 0.519 e. The molecule has 0 saturated heterocycles. The van der Waals surface area contributed by atoms with Crippen LogP contribution in [0.2, 0.25) is 0 Å². The van der Waals surface area contributed by atoms with Crippen molar-refractivity contribution in [2.24, 2.45) is 0 Å². The number of carbonyl (C=O) groups excluding carboxylic acids is 6. The molecule has 0 bridgehead atoms. The van der Waals surface area contributed by atoms with Crippen molar-refractivity contribution in [3.05, 3.63) is 191 Å². The largest absolute Gasteiger partial charge is 0.519 e. The van der Waals surface area contributed by atoms with Gasteiger partial charge in [0.05, 0.1) is 22.3 Å². The summed E-state index contributed by atoms with van der Waals surface area (Å²) in [5, 5.41) is 0. The normalized spacial score (nSPS) is 10.3. The molecule has 6 rings (SSSR count). The summed E-state index contributed by atoms with van der Waals surface area (Å²) in [6.45, 7) is 0. The summed E-state index contributed by atoms with van der Waals surface area (Å²) >= 11 is 0. The van der Waals surface area contributed by atoms with E-state index in [-0.39, 0.29) is 56.4 Å². The lowest BCUT2D eigenvalue weighted by atomic mass is 9.97. The van der Waals surface area contributed by atoms with Crippen molar-refractivity contribution in [3.63, 3.8) is 0 Å². The van der Waals surface area contributed by atoms with Crippen LogP contribution in [0.25, 0.3) is 0 Å². The maximum absolute atomic E-state index is 13.7. The van der Waals surface area contributed by atoms with Gasteiger partial charge in [0.15, 0.2) is 11.6 Å². The Morgan fingerprint density at radius 1 is 0.296 bits per heavy atom. The third-order valence-electron chi connectivity index (χ3n) is 7.51. The minimum Gasteiger partial charge on any atom is -0.395 e. The Hall–Kier alpha value is -7.86. The Balaban J connectivity index is 1.15. The number of ether oxygens (including phenoxy) is 4. The summed E-state index contributed by atoms with van der Waals surface area (Å²) in [5.41, 5.74) is -1.05. The van der Waals surface area contributed by atoms with Gasteiger partial charge in [-0.15, -0.1) is 0 Å². The Bertz CT molecular complexity index is 2190. The highest BCUT2D eigenvalue weighted by Gasteiger charge is 2.27. The Morgan fingerprint density at radius 3 is 0.963 bits per heavy atom. The second-order valence-electron chi connectivity index (χ2n) is 11.0. The number of hydrogen-bond acceptors (Lipinski definition) is 12. The van der Waals surface area contributed by atoms with E-state index in [0.29, 0.717) is 0 Å². The smallest absolute Gasteiger partial charge is 0.395 e. The third-order valence-corrected chi connectivity index (χ3v) is 7.51. The van der Waals surface area contributed by atoms with Crippen molar-refractivity contribution in [1.82, 2.24) is 0 Å². The first-order chi connectivity index (χ1) is 26.3. The molecule has 0 N–H and O–H groups in total. The van der Waals surface area contributed by atoms with Gasteiger partial charge in [-0.3, -0.25) is 9.59 Å². The summed E-state index contributed by atoms with van der Waals surface area (Å²) in [4.78, 5) is 88.6. The molecule has 0 unspecified atom stereocenters. The van der Waals surface area contributed by atoms with Crippen molar-refractivity contribution in [1.29, 1.82) is 0 Å². The van der Waals surface area contributed by atoms with E-state index in [9.17, 15) is 28.8 Å². The number of ketones is 2. The van der Waals surface area contributed by atoms with Crippen LogP contribution in [0.4, 0.5) is 9.59 Å². The first kappa shape index (κ1) is 35.9. The molecule has 12 nitrogen and oxygen atoms in total. The molecule has 0 amide bonds. The average molecular weight is 723 g/mol. The van der Waals surface area contributed by atoms with Crippen LogP contribution < -0.4 is 18.9 Å². The fourth-order valence-corrected chi connectivity index (χ4v) is 5.05. The van der Waals surface area contributed by atoms with Gasteiger partial charge in [0.1, 0.15) is 23.0 Å². The summed E-state index contributed by atoms with van der Waals surface area (Å²) in [5.74, 6) is -3.70. The maximum atomic E-state index is 13.7. The molecule has 0 aliphatic carbocycles. The molecule has 6 aromatic rings.